The molecule has 0 radical (unpaired) electrons. The van der Waals surface area contributed by atoms with Gasteiger partial charge in [0.2, 0.25) is 0 Å². The van der Waals surface area contributed by atoms with Gasteiger partial charge in [0.05, 0.1) is 34.0 Å². The summed E-state index contributed by atoms with van der Waals surface area (Å²) < 4.78 is 35.4. The Hall–Kier alpha value is -5.74. The zero-order valence-corrected chi connectivity index (χ0v) is 22.1. The van der Waals surface area contributed by atoms with E-state index in [0.29, 0.717) is 44.3 Å². The number of nitriles is 1. The van der Waals surface area contributed by atoms with Crippen molar-refractivity contribution >= 4 is 49.1 Å². The lowest BCUT2D eigenvalue weighted by Crippen LogP contribution is -2.16. The summed E-state index contributed by atoms with van der Waals surface area (Å²) in [6.45, 7) is 0. The van der Waals surface area contributed by atoms with Gasteiger partial charge in [-0.2, -0.15) is 5.26 Å². The number of nitrogens with one attached hydrogen (secondary N) is 3. The third-order valence-corrected chi connectivity index (χ3v) is 7.92. The van der Waals surface area contributed by atoms with E-state index in [9.17, 15) is 23.3 Å². The van der Waals surface area contributed by atoms with Gasteiger partial charge in [0, 0.05) is 29.6 Å². The number of hydrogen-bond donors (Lipinski definition) is 3. The quantitative estimate of drug-likeness (QED) is 0.271. The number of benzene rings is 3. The SMILES string of the molecule is Cn1c(C(=O)Nc2ccc(C#N)cc2-c2noc(=O)[nH]2)cc2ccc(NS(=O)(=O)c3cccc4cccnc34)cc21. The fraction of sp³-hybridized carbons (Fsp3) is 0.0357. The van der Waals surface area contributed by atoms with Crippen LogP contribution >= 0.6 is 0 Å². The molecular weight excluding hydrogens is 546 g/mol. The highest BCUT2D eigenvalue weighted by Crippen LogP contribution is 2.29. The molecule has 3 aromatic carbocycles. The minimum Gasteiger partial charge on any atom is -0.340 e. The number of carbonyl (C=O) groups is 1. The Labute approximate surface area is 231 Å². The number of sulfonamides is 1. The van der Waals surface area contributed by atoms with E-state index >= 15 is 0 Å². The number of aromatic nitrogens is 4. The molecule has 3 N–H and O–H groups in total. The molecule has 6 aromatic rings. The fourth-order valence-corrected chi connectivity index (χ4v) is 5.80. The van der Waals surface area contributed by atoms with Crippen LogP contribution in [0.1, 0.15) is 16.1 Å². The number of H-pyrrole nitrogens is 1. The Morgan fingerprint density at radius 2 is 1.88 bits per heavy atom. The van der Waals surface area contributed by atoms with Gasteiger partial charge in [0.15, 0.2) is 5.82 Å². The molecule has 12 nitrogen and oxygen atoms in total. The van der Waals surface area contributed by atoms with Crippen LogP contribution in [0.3, 0.4) is 0 Å². The van der Waals surface area contributed by atoms with Crippen LogP contribution < -0.4 is 15.8 Å². The van der Waals surface area contributed by atoms with E-state index in [4.69, 9.17) is 0 Å². The molecule has 1 amide bonds. The number of anilines is 2. The van der Waals surface area contributed by atoms with Crippen LogP contribution in [0.2, 0.25) is 0 Å². The molecule has 3 aromatic heterocycles. The Balaban J connectivity index is 1.31. The second-order valence-corrected chi connectivity index (χ2v) is 10.7. The predicted octanol–water partition coefficient (Wildman–Crippen LogP) is 3.99. The highest BCUT2D eigenvalue weighted by atomic mass is 32.2. The molecule has 3 heterocycles. The monoisotopic (exact) mass is 565 g/mol. The molecule has 202 valence electrons. The van der Waals surface area contributed by atoms with Crippen LogP contribution in [-0.4, -0.2) is 34.0 Å². The lowest BCUT2D eigenvalue weighted by Gasteiger charge is -2.11. The Kier molecular flexibility index (Phi) is 6.09. The molecule has 6 rings (SSSR count). The van der Waals surface area contributed by atoms with Crippen LogP contribution in [0.5, 0.6) is 0 Å². The van der Waals surface area contributed by atoms with Crippen LogP contribution in [0.15, 0.2) is 93.2 Å². The first kappa shape index (κ1) is 25.5. The number of carbonyl (C=O) groups excluding carboxylic acids is 1. The number of amides is 1. The fourth-order valence-electron chi connectivity index (χ4n) is 4.57. The number of nitrogens with zero attached hydrogens (tertiary/aromatic N) is 4. The molecule has 0 aliphatic carbocycles. The number of pyridine rings is 1. The number of rotatable bonds is 6. The predicted molar refractivity (Wildman–Crippen MR) is 151 cm³/mol. The molecule has 0 saturated carbocycles. The third-order valence-electron chi connectivity index (χ3n) is 6.51. The summed E-state index contributed by atoms with van der Waals surface area (Å²) in [6, 6.07) is 21.6. The number of fused-ring (bicyclic) bond motifs is 2. The van der Waals surface area contributed by atoms with Crippen LogP contribution in [0, 0.1) is 11.3 Å². The molecule has 0 aliphatic rings. The van der Waals surface area contributed by atoms with Gasteiger partial charge in [0.1, 0.15) is 10.6 Å². The van der Waals surface area contributed by atoms with Crippen molar-refractivity contribution < 1.29 is 17.7 Å². The minimum absolute atomic E-state index is 0.0503. The number of aromatic amines is 1. The summed E-state index contributed by atoms with van der Waals surface area (Å²) in [5, 5.41) is 17.1. The maximum absolute atomic E-state index is 13.3. The van der Waals surface area contributed by atoms with E-state index in [2.05, 4.69) is 29.7 Å². The summed E-state index contributed by atoms with van der Waals surface area (Å²) in [5.41, 5.74) is 2.43. The van der Waals surface area contributed by atoms with Gasteiger partial charge < -0.3 is 9.88 Å². The first-order valence-electron chi connectivity index (χ1n) is 12.1. The Morgan fingerprint density at radius 3 is 2.66 bits per heavy atom. The van der Waals surface area contributed by atoms with Crippen molar-refractivity contribution in [1.82, 2.24) is 19.7 Å². The molecular formula is C28H19N7O5S. The summed E-state index contributed by atoms with van der Waals surface area (Å²) in [6.07, 6.45) is 1.54. The smallest absolute Gasteiger partial charge is 0.340 e. The molecule has 13 heteroatoms. The maximum Gasteiger partial charge on any atom is 0.439 e. The highest BCUT2D eigenvalue weighted by molar-refractivity contribution is 7.93. The normalized spacial score (nSPS) is 11.4. The number of hydrogen-bond acceptors (Lipinski definition) is 8. The molecule has 0 atom stereocenters. The Morgan fingerprint density at radius 1 is 1.05 bits per heavy atom. The van der Waals surface area contributed by atoms with E-state index in [0.717, 1.165) is 0 Å². The first-order chi connectivity index (χ1) is 19.7. The lowest BCUT2D eigenvalue weighted by molar-refractivity contribution is 0.101. The molecule has 0 fully saturated rings. The second-order valence-electron chi connectivity index (χ2n) is 9.07. The molecule has 0 aliphatic heterocycles. The molecule has 0 spiro atoms. The summed E-state index contributed by atoms with van der Waals surface area (Å²) >= 11 is 0. The van der Waals surface area contributed by atoms with Crippen molar-refractivity contribution in [3.05, 3.63) is 101 Å². The van der Waals surface area contributed by atoms with Crippen molar-refractivity contribution in [3.8, 4) is 17.5 Å². The van der Waals surface area contributed by atoms with Gasteiger partial charge in [-0.1, -0.05) is 29.4 Å². The van der Waals surface area contributed by atoms with E-state index in [-0.39, 0.29) is 16.4 Å². The van der Waals surface area contributed by atoms with Gasteiger partial charge in [-0.15, -0.1) is 0 Å². The summed E-state index contributed by atoms with van der Waals surface area (Å²) in [4.78, 5) is 31.5. The van der Waals surface area contributed by atoms with Crippen LogP contribution in [0.25, 0.3) is 33.2 Å². The zero-order valence-electron chi connectivity index (χ0n) is 21.2. The van der Waals surface area contributed by atoms with E-state index in [1.807, 2.05) is 6.07 Å². The highest BCUT2D eigenvalue weighted by Gasteiger charge is 2.21. The van der Waals surface area contributed by atoms with Gasteiger partial charge >= 0.3 is 5.76 Å². The second kappa shape index (κ2) is 9.78. The molecule has 41 heavy (non-hydrogen) atoms. The van der Waals surface area contributed by atoms with Crippen LogP contribution in [-0.2, 0) is 17.1 Å². The van der Waals surface area contributed by atoms with E-state index in [1.165, 1.54) is 30.5 Å². The number of aryl methyl sites for hydroxylation is 1. The average Bonchev–Trinajstić information content (AvgIpc) is 3.55. The van der Waals surface area contributed by atoms with E-state index < -0.39 is 21.7 Å². The van der Waals surface area contributed by atoms with Gasteiger partial charge in [-0.25, -0.2) is 13.2 Å². The van der Waals surface area contributed by atoms with Gasteiger partial charge in [0.25, 0.3) is 15.9 Å². The van der Waals surface area contributed by atoms with Crippen molar-refractivity contribution in [1.29, 1.82) is 5.26 Å². The lowest BCUT2D eigenvalue weighted by atomic mass is 10.1. The van der Waals surface area contributed by atoms with Crippen molar-refractivity contribution in [3.63, 3.8) is 0 Å². The average molecular weight is 566 g/mol. The van der Waals surface area contributed by atoms with Crippen molar-refractivity contribution in [2.24, 2.45) is 7.05 Å². The topological polar surface area (TPSA) is 176 Å². The van der Waals surface area contributed by atoms with Gasteiger partial charge in [-0.05, 0) is 48.5 Å². The van der Waals surface area contributed by atoms with Gasteiger partial charge in [-0.3, -0.25) is 24.0 Å². The Bertz CT molecular complexity index is 2200. The minimum atomic E-state index is -3.97. The van der Waals surface area contributed by atoms with Crippen molar-refractivity contribution in [2.75, 3.05) is 10.0 Å². The van der Waals surface area contributed by atoms with Crippen LogP contribution in [0.4, 0.5) is 11.4 Å². The molecule has 0 saturated heterocycles. The number of para-hydroxylation sites is 1. The maximum atomic E-state index is 13.3. The summed E-state index contributed by atoms with van der Waals surface area (Å²) in [5.74, 6) is -1.21. The summed E-state index contributed by atoms with van der Waals surface area (Å²) in [7, 11) is -2.29. The largest absolute Gasteiger partial charge is 0.439 e. The standard InChI is InChI=1S/C28H19N7O5S/c1-35-22-14-19(34-41(38,39)24-6-2-4-17-5-3-11-30-25(17)24)9-8-18(22)13-23(35)27(36)31-21-10-7-16(15-29)12-20(21)26-32-28(37)40-33-26/h2-14,34H,1H3,(H,31,36)(H,32,33,37). The third kappa shape index (κ3) is 4.68. The molecule has 0 bridgehead atoms. The first-order valence-corrected chi connectivity index (χ1v) is 13.6. The zero-order chi connectivity index (χ0) is 28.7. The molecule has 0 unspecified atom stereocenters. The van der Waals surface area contributed by atoms with Crippen molar-refractivity contribution in [2.45, 2.75) is 4.90 Å². The van der Waals surface area contributed by atoms with E-state index in [1.54, 1.807) is 60.1 Å².